The van der Waals surface area contributed by atoms with Crippen LogP contribution in [0.1, 0.15) is 29.5 Å². The van der Waals surface area contributed by atoms with Crippen LogP contribution >= 0.6 is 15.9 Å². The Balaban J connectivity index is 1.43. The predicted molar refractivity (Wildman–Crippen MR) is 119 cm³/mol. The molecule has 3 aromatic rings. The molecule has 146 valence electrons. The molecule has 1 aliphatic rings. The minimum absolute atomic E-state index is 0.528. The molecule has 1 aliphatic carbocycles. The maximum atomic E-state index is 5.67. The smallest absolute Gasteiger partial charge is 0.121 e. The number of halogens is 1. The molecule has 0 N–H and O–H groups in total. The molecule has 1 fully saturated rings. The van der Waals surface area contributed by atoms with E-state index >= 15 is 0 Å². The third kappa shape index (κ3) is 6.07. The number of aromatic nitrogens is 2. The molecule has 0 radical (unpaired) electrons. The van der Waals surface area contributed by atoms with Crippen LogP contribution in [0.4, 0.5) is 0 Å². The van der Waals surface area contributed by atoms with Gasteiger partial charge in [-0.3, -0.25) is 0 Å². The third-order valence-electron chi connectivity index (χ3n) is 4.68. The molecule has 0 bridgehead atoms. The van der Waals surface area contributed by atoms with Gasteiger partial charge >= 0.3 is 0 Å². The second-order valence-corrected chi connectivity index (χ2v) is 8.02. The van der Waals surface area contributed by atoms with Crippen LogP contribution in [0.2, 0.25) is 0 Å². The zero-order valence-corrected chi connectivity index (χ0v) is 17.7. The first-order chi connectivity index (χ1) is 14.3. The summed E-state index contributed by atoms with van der Waals surface area (Å²) in [5, 5.41) is 4.44. The summed E-state index contributed by atoms with van der Waals surface area (Å²) in [6.45, 7) is 1.13. The Labute approximate surface area is 179 Å². The van der Waals surface area contributed by atoms with Crippen molar-refractivity contribution < 1.29 is 4.84 Å². The second kappa shape index (κ2) is 9.58. The lowest BCUT2D eigenvalue weighted by atomic mass is 10.1. The molecule has 1 aromatic heterocycles. The fourth-order valence-corrected chi connectivity index (χ4v) is 3.09. The first-order valence-electron chi connectivity index (χ1n) is 9.77. The van der Waals surface area contributed by atoms with Crippen molar-refractivity contribution in [3.05, 3.63) is 88.4 Å². The Kier molecular flexibility index (Phi) is 6.43. The monoisotopic (exact) mass is 447 g/mol. The van der Waals surface area contributed by atoms with E-state index in [0.29, 0.717) is 19.1 Å². The molecule has 29 heavy (non-hydrogen) atoms. The normalized spacial score (nSPS) is 13.6. The van der Waals surface area contributed by atoms with Crippen LogP contribution in [0.25, 0.3) is 0 Å². The van der Waals surface area contributed by atoms with Crippen LogP contribution in [0.5, 0.6) is 0 Å². The van der Waals surface area contributed by atoms with Gasteiger partial charge in [-0.25, -0.2) is 4.98 Å². The van der Waals surface area contributed by atoms with Gasteiger partial charge in [-0.15, -0.1) is 0 Å². The topological polar surface area (TPSA) is 39.4 Å². The van der Waals surface area contributed by atoms with Gasteiger partial charge in [0.05, 0.1) is 12.9 Å². The molecule has 1 saturated carbocycles. The third-order valence-corrected chi connectivity index (χ3v) is 5.21. The molecule has 1 heterocycles. The summed E-state index contributed by atoms with van der Waals surface area (Å²) in [4.78, 5) is 9.78. The van der Waals surface area contributed by atoms with Crippen molar-refractivity contribution >= 4 is 21.6 Å². The van der Waals surface area contributed by atoms with E-state index in [4.69, 9.17) is 4.84 Å². The van der Waals surface area contributed by atoms with Gasteiger partial charge in [0.2, 0.25) is 0 Å². The van der Waals surface area contributed by atoms with Gasteiger partial charge in [-0.2, -0.15) is 0 Å². The average Bonchev–Trinajstić information content (AvgIpc) is 3.44. The van der Waals surface area contributed by atoms with Crippen LogP contribution in [0, 0.1) is 17.8 Å². The van der Waals surface area contributed by atoms with E-state index in [9.17, 15) is 0 Å². The van der Waals surface area contributed by atoms with Crippen LogP contribution in [0.15, 0.2) is 76.9 Å². The Morgan fingerprint density at radius 1 is 1.14 bits per heavy atom. The Morgan fingerprint density at radius 3 is 2.62 bits per heavy atom. The molecule has 0 atom stereocenters. The summed E-state index contributed by atoms with van der Waals surface area (Å²) >= 11 is 3.46. The van der Waals surface area contributed by atoms with E-state index in [1.807, 2.05) is 22.9 Å². The Bertz CT molecular complexity index is 1010. The predicted octanol–water partition coefficient (Wildman–Crippen LogP) is 5.07. The van der Waals surface area contributed by atoms with Crippen molar-refractivity contribution in [2.75, 3.05) is 6.61 Å². The van der Waals surface area contributed by atoms with Crippen molar-refractivity contribution in [3.8, 4) is 11.8 Å². The Hall–Kier alpha value is -2.84. The number of imidazole rings is 1. The summed E-state index contributed by atoms with van der Waals surface area (Å²) in [5.41, 5.74) is 4.15. The lowest BCUT2D eigenvalue weighted by molar-refractivity contribution is 0.147. The Morgan fingerprint density at radius 2 is 1.93 bits per heavy atom. The molecular weight excluding hydrogens is 426 g/mol. The van der Waals surface area contributed by atoms with E-state index in [0.717, 1.165) is 27.7 Å². The second-order valence-electron chi connectivity index (χ2n) is 7.10. The van der Waals surface area contributed by atoms with Crippen molar-refractivity contribution in [2.24, 2.45) is 11.1 Å². The summed E-state index contributed by atoms with van der Waals surface area (Å²) in [6.07, 6.45) is 8.77. The van der Waals surface area contributed by atoms with Gasteiger partial charge in [0.25, 0.3) is 0 Å². The molecular formula is C24H22BrN3O. The van der Waals surface area contributed by atoms with Crippen molar-refractivity contribution in [1.82, 2.24) is 9.55 Å². The van der Waals surface area contributed by atoms with Gasteiger partial charge in [0, 0.05) is 40.3 Å². The lowest BCUT2D eigenvalue weighted by Gasteiger charge is -2.09. The first-order valence-corrected chi connectivity index (χ1v) is 10.6. The minimum Gasteiger partial charge on any atom is -0.395 e. The molecule has 0 unspecified atom stereocenters. The number of nitrogens with zero attached hydrogens (tertiary/aromatic N) is 3. The maximum Gasteiger partial charge on any atom is 0.121 e. The molecule has 5 heteroatoms. The van der Waals surface area contributed by atoms with Crippen LogP contribution in [-0.2, 0) is 17.8 Å². The highest BCUT2D eigenvalue weighted by atomic mass is 79.9. The van der Waals surface area contributed by atoms with Crippen molar-refractivity contribution in [1.29, 1.82) is 0 Å². The summed E-state index contributed by atoms with van der Waals surface area (Å²) in [5.74, 6) is 7.16. The van der Waals surface area contributed by atoms with Crippen molar-refractivity contribution in [3.63, 3.8) is 0 Å². The number of oxime groups is 1. The fourth-order valence-electron chi connectivity index (χ4n) is 2.82. The molecule has 4 nitrogen and oxygen atoms in total. The molecule has 0 saturated heterocycles. The summed E-state index contributed by atoms with van der Waals surface area (Å²) < 4.78 is 3.06. The van der Waals surface area contributed by atoms with Gasteiger partial charge in [0.15, 0.2) is 0 Å². The van der Waals surface area contributed by atoms with Crippen LogP contribution in [-0.4, -0.2) is 21.9 Å². The minimum atomic E-state index is 0.528. The van der Waals surface area contributed by atoms with Crippen molar-refractivity contribution in [2.45, 2.75) is 25.8 Å². The number of benzene rings is 2. The van der Waals surface area contributed by atoms with Crippen LogP contribution in [0.3, 0.4) is 0 Å². The van der Waals surface area contributed by atoms with E-state index in [1.54, 1.807) is 12.5 Å². The highest BCUT2D eigenvalue weighted by Gasteiger charge is 2.17. The standard InChI is InChI=1S/C24H22BrN3O/c25-23-11-7-21(8-12-23)13-16-29-27-24(17-28-15-14-26-18-28)22-9-5-20(6-10-22)4-3-19-1-2-19/h5-12,14-15,18-19H,1-2,13,16-17H2/b27-24+. The quantitative estimate of drug-likeness (QED) is 0.219. The number of hydrogen-bond donors (Lipinski definition) is 0. The van der Waals surface area contributed by atoms with Gasteiger partial charge in [0.1, 0.15) is 12.3 Å². The largest absolute Gasteiger partial charge is 0.395 e. The highest BCUT2D eigenvalue weighted by Crippen LogP contribution is 2.27. The molecule has 2 aromatic carbocycles. The SMILES string of the molecule is Brc1ccc(CCO/N=C(\Cn2ccnc2)c2ccc(C#CC3CC3)cc2)cc1. The molecule has 0 spiro atoms. The molecule has 4 rings (SSSR count). The lowest BCUT2D eigenvalue weighted by Crippen LogP contribution is -2.12. The first kappa shape index (κ1) is 19.5. The maximum absolute atomic E-state index is 5.67. The van der Waals surface area contributed by atoms with E-state index < -0.39 is 0 Å². The fraction of sp³-hybridized carbons (Fsp3) is 0.250. The number of hydrogen-bond acceptors (Lipinski definition) is 3. The average molecular weight is 448 g/mol. The van der Waals surface area contributed by atoms with Crippen LogP contribution < -0.4 is 0 Å². The van der Waals surface area contributed by atoms with Gasteiger partial charge < -0.3 is 9.40 Å². The van der Waals surface area contributed by atoms with E-state index in [-0.39, 0.29) is 0 Å². The van der Waals surface area contributed by atoms with Gasteiger partial charge in [-0.1, -0.05) is 57.2 Å². The van der Waals surface area contributed by atoms with E-state index in [2.05, 4.69) is 74.3 Å². The zero-order chi connectivity index (χ0) is 19.9. The van der Waals surface area contributed by atoms with Gasteiger partial charge in [-0.05, 0) is 42.7 Å². The summed E-state index contributed by atoms with van der Waals surface area (Å²) in [7, 11) is 0. The zero-order valence-electron chi connectivity index (χ0n) is 16.1. The molecule has 0 amide bonds. The molecule has 0 aliphatic heterocycles. The number of rotatable bonds is 7. The highest BCUT2D eigenvalue weighted by molar-refractivity contribution is 9.10. The van der Waals surface area contributed by atoms with E-state index in [1.165, 1.54) is 18.4 Å². The summed E-state index contributed by atoms with van der Waals surface area (Å²) in [6, 6.07) is 16.5.